The zero-order valence-corrected chi connectivity index (χ0v) is 16.8. The van der Waals surface area contributed by atoms with Gasteiger partial charge in [0.2, 0.25) is 5.91 Å². The van der Waals surface area contributed by atoms with Gasteiger partial charge in [-0.05, 0) is 30.5 Å². The number of hydrazine groups is 1. The molecule has 0 spiro atoms. The number of hydrogen-bond donors (Lipinski definition) is 3. The molecule has 5 nitrogen and oxygen atoms in total. The Labute approximate surface area is 174 Å². The molecule has 2 atom stereocenters. The number of nitrogens with one attached hydrogen (secondary N) is 3. The quantitative estimate of drug-likeness (QED) is 0.562. The van der Waals surface area contributed by atoms with E-state index in [0.29, 0.717) is 13.0 Å². The fraction of sp³-hybridized carbons (Fsp3) is 0.409. The number of unbranched alkanes of at least 4 members (excludes halogenated alkanes) is 1. The minimum atomic E-state index is -4.46. The minimum absolute atomic E-state index is 0.0375. The summed E-state index contributed by atoms with van der Waals surface area (Å²) in [7, 11) is 0. The van der Waals surface area contributed by atoms with Crippen molar-refractivity contribution in [2.75, 3.05) is 6.61 Å². The third-order valence-corrected chi connectivity index (χ3v) is 5.05. The van der Waals surface area contributed by atoms with Crippen LogP contribution < -0.4 is 20.9 Å². The average Bonchev–Trinajstić information content (AvgIpc) is 3.22. The molecule has 1 aliphatic heterocycles. The first-order valence-electron chi connectivity index (χ1n) is 10.1. The Bertz CT molecular complexity index is 858. The van der Waals surface area contributed by atoms with Gasteiger partial charge in [-0.15, -0.1) is 0 Å². The van der Waals surface area contributed by atoms with Gasteiger partial charge in [0.15, 0.2) is 0 Å². The van der Waals surface area contributed by atoms with Gasteiger partial charge in [0.1, 0.15) is 11.8 Å². The summed E-state index contributed by atoms with van der Waals surface area (Å²) >= 11 is 0. The van der Waals surface area contributed by atoms with Crippen LogP contribution in [0.2, 0.25) is 0 Å². The number of hydrogen-bond acceptors (Lipinski definition) is 4. The van der Waals surface area contributed by atoms with E-state index < -0.39 is 17.8 Å². The third-order valence-electron chi connectivity index (χ3n) is 5.05. The van der Waals surface area contributed by atoms with Gasteiger partial charge >= 0.3 is 6.18 Å². The minimum Gasteiger partial charge on any atom is -0.493 e. The van der Waals surface area contributed by atoms with Crippen LogP contribution in [0.5, 0.6) is 5.75 Å². The molecule has 1 aliphatic rings. The monoisotopic (exact) mass is 421 g/mol. The smallest absolute Gasteiger partial charge is 0.416 e. The van der Waals surface area contributed by atoms with Gasteiger partial charge < -0.3 is 10.1 Å². The SMILES string of the molecule is CCCCOc1ccccc1C1CC(C(=O)NCc2ccccc2C(F)(F)F)NN1. The fourth-order valence-corrected chi connectivity index (χ4v) is 3.41. The fourth-order valence-electron chi connectivity index (χ4n) is 3.41. The number of ether oxygens (including phenoxy) is 1. The van der Waals surface area contributed by atoms with Gasteiger partial charge in [-0.3, -0.25) is 4.79 Å². The van der Waals surface area contributed by atoms with E-state index >= 15 is 0 Å². The summed E-state index contributed by atoms with van der Waals surface area (Å²) < 4.78 is 45.2. The first kappa shape index (κ1) is 22.1. The van der Waals surface area contributed by atoms with Crippen LogP contribution in [0.25, 0.3) is 0 Å². The third kappa shape index (κ3) is 5.52. The average molecular weight is 421 g/mol. The highest BCUT2D eigenvalue weighted by molar-refractivity contribution is 5.82. The molecule has 0 aliphatic carbocycles. The zero-order valence-electron chi connectivity index (χ0n) is 16.8. The molecule has 162 valence electrons. The van der Waals surface area contributed by atoms with Crippen LogP contribution >= 0.6 is 0 Å². The maximum Gasteiger partial charge on any atom is 0.416 e. The van der Waals surface area contributed by atoms with Gasteiger partial charge in [0.25, 0.3) is 0 Å². The van der Waals surface area contributed by atoms with E-state index in [4.69, 9.17) is 4.74 Å². The van der Waals surface area contributed by atoms with Crippen LogP contribution in [0.4, 0.5) is 13.2 Å². The number of halogens is 3. The van der Waals surface area contributed by atoms with Gasteiger partial charge in [-0.2, -0.15) is 13.2 Å². The molecule has 1 saturated heterocycles. The molecule has 2 aromatic rings. The van der Waals surface area contributed by atoms with Crippen LogP contribution in [0.3, 0.4) is 0 Å². The van der Waals surface area contributed by atoms with Crippen molar-refractivity contribution in [2.45, 2.75) is 51.0 Å². The maximum atomic E-state index is 13.1. The first-order valence-corrected chi connectivity index (χ1v) is 10.1. The maximum absolute atomic E-state index is 13.1. The van der Waals surface area contributed by atoms with Crippen molar-refractivity contribution >= 4 is 5.91 Å². The van der Waals surface area contributed by atoms with Crippen molar-refractivity contribution in [2.24, 2.45) is 0 Å². The van der Waals surface area contributed by atoms with Gasteiger partial charge in [0, 0.05) is 12.1 Å². The number of amides is 1. The van der Waals surface area contributed by atoms with Crippen LogP contribution in [0.15, 0.2) is 48.5 Å². The molecule has 1 fully saturated rings. The molecule has 0 radical (unpaired) electrons. The second-order valence-corrected chi connectivity index (χ2v) is 7.24. The standard InChI is InChI=1S/C22H26F3N3O2/c1-2-3-12-30-20-11-7-5-9-16(20)18-13-19(28-27-18)21(29)26-14-15-8-4-6-10-17(15)22(23,24)25/h4-11,18-19,27-28H,2-3,12-14H2,1H3,(H,26,29). The van der Waals surface area contributed by atoms with E-state index in [2.05, 4.69) is 23.1 Å². The summed E-state index contributed by atoms with van der Waals surface area (Å²) in [5.41, 5.74) is 6.28. The Morgan fingerprint density at radius 2 is 1.87 bits per heavy atom. The molecule has 30 heavy (non-hydrogen) atoms. The highest BCUT2D eigenvalue weighted by atomic mass is 19.4. The summed E-state index contributed by atoms with van der Waals surface area (Å²) in [6, 6.07) is 12.2. The van der Waals surface area contributed by atoms with E-state index in [1.807, 2.05) is 24.3 Å². The summed E-state index contributed by atoms with van der Waals surface area (Å²) in [5.74, 6) is 0.414. The van der Waals surface area contributed by atoms with Crippen molar-refractivity contribution in [1.82, 2.24) is 16.2 Å². The Morgan fingerprint density at radius 1 is 1.13 bits per heavy atom. The van der Waals surface area contributed by atoms with Crippen molar-refractivity contribution in [1.29, 1.82) is 0 Å². The predicted molar refractivity (Wildman–Crippen MR) is 108 cm³/mol. The summed E-state index contributed by atoms with van der Waals surface area (Å²) in [6.07, 6.45) is -2.01. The second kappa shape index (κ2) is 9.95. The molecule has 0 aromatic heterocycles. The zero-order chi connectivity index (χ0) is 21.6. The predicted octanol–water partition coefficient (Wildman–Crippen LogP) is 4.11. The summed E-state index contributed by atoms with van der Waals surface area (Å²) in [5, 5.41) is 2.61. The van der Waals surface area contributed by atoms with Crippen molar-refractivity contribution in [3.63, 3.8) is 0 Å². The largest absolute Gasteiger partial charge is 0.493 e. The molecule has 2 unspecified atom stereocenters. The lowest BCUT2D eigenvalue weighted by atomic mass is 10.0. The Kier molecular flexibility index (Phi) is 7.33. The lowest BCUT2D eigenvalue weighted by Gasteiger charge is -2.16. The number of para-hydroxylation sites is 1. The van der Waals surface area contributed by atoms with Crippen LogP contribution in [-0.2, 0) is 17.5 Å². The van der Waals surface area contributed by atoms with E-state index in [0.717, 1.165) is 30.2 Å². The highest BCUT2D eigenvalue weighted by Gasteiger charge is 2.34. The van der Waals surface area contributed by atoms with Crippen LogP contribution in [-0.4, -0.2) is 18.6 Å². The lowest BCUT2D eigenvalue weighted by molar-refractivity contribution is -0.138. The molecule has 1 amide bonds. The van der Waals surface area contributed by atoms with Crippen LogP contribution in [0, 0.1) is 0 Å². The Hall–Kier alpha value is -2.58. The number of benzene rings is 2. The number of rotatable bonds is 8. The van der Waals surface area contributed by atoms with Gasteiger partial charge in [-0.25, -0.2) is 10.9 Å². The molecule has 3 N–H and O–H groups in total. The highest BCUT2D eigenvalue weighted by Crippen LogP contribution is 2.32. The topological polar surface area (TPSA) is 62.4 Å². The number of carbonyl (C=O) groups is 1. The second-order valence-electron chi connectivity index (χ2n) is 7.24. The number of carbonyl (C=O) groups excluding carboxylic acids is 1. The molecule has 2 aromatic carbocycles. The van der Waals surface area contributed by atoms with E-state index in [9.17, 15) is 18.0 Å². The van der Waals surface area contributed by atoms with E-state index in [1.54, 1.807) is 0 Å². The van der Waals surface area contributed by atoms with Crippen molar-refractivity contribution in [3.05, 3.63) is 65.2 Å². The van der Waals surface area contributed by atoms with Crippen LogP contribution in [0.1, 0.15) is 48.9 Å². The Morgan fingerprint density at radius 3 is 2.63 bits per heavy atom. The van der Waals surface area contributed by atoms with E-state index in [1.165, 1.54) is 18.2 Å². The first-order chi connectivity index (χ1) is 14.4. The van der Waals surface area contributed by atoms with Crippen molar-refractivity contribution in [3.8, 4) is 5.75 Å². The molecular weight excluding hydrogens is 395 g/mol. The van der Waals surface area contributed by atoms with E-state index in [-0.39, 0.29) is 24.1 Å². The van der Waals surface area contributed by atoms with Gasteiger partial charge in [-0.1, -0.05) is 49.7 Å². The normalized spacial score (nSPS) is 18.9. The summed E-state index contributed by atoms with van der Waals surface area (Å²) in [4.78, 5) is 12.5. The van der Waals surface area contributed by atoms with Gasteiger partial charge in [0.05, 0.1) is 18.2 Å². The van der Waals surface area contributed by atoms with Crippen molar-refractivity contribution < 1.29 is 22.7 Å². The molecule has 3 rings (SSSR count). The molecule has 0 saturated carbocycles. The molecule has 0 bridgehead atoms. The lowest BCUT2D eigenvalue weighted by Crippen LogP contribution is -2.43. The molecule has 1 heterocycles. The number of alkyl halides is 3. The molecular formula is C22H26F3N3O2. The molecule has 8 heteroatoms. The summed E-state index contributed by atoms with van der Waals surface area (Å²) in [6.45, 7) is 2.53. The Balaban J connectivity index is 1.60.